The monoisotopic (exact) mass is 262 g/mol. The highest BCUT2D eigenvalue weighted by Gasteiger charge is 2.20. The topological polar surface area (TPSA) is 61.4 Å². The SMILES string of the molecule is CCCC(C)(O)CNC(=O)c1ccc2c(c1)CCN2. The lowest BCUT2D eigenvalue weighted by Gasteiger charge is -2.23. The van der Waals surface area contributed by atoms with E-state index in [2.05, 4.69) is 10.6 Å². The van der Waals surface area contributed by atoms with Gasteiger partial charge in [0.2, 0.25) is 0 Å². The van der Waals surface area contributed by atoms with Crippen molar-refractivity contribution in [2.24, 2.45) is 0 Å². The van der Waals surface area contributed by atoms with Crippen molar-refractivity contribution in [2.45, 2.75) is 38.7 Å². The molecule has 0 saturated carbocycles. The second kappa shape index (κ2) is 5.61. The molecule has 1 heterocycles. The average Bonchev–Trinajstić information content (AvgIpc) is 2.83. The van der Waals surface area contributed by atoms with Gasteiger partial charge in [-0.2, -0.15) is 0 Å². The van der Waals surface area contributed by atoms with E-state index in [4.69, 9.17) is 0 Å². The van der Waals surface area contributed by atoms with Gasteiger partial charge in [-0.15, -0.1) is 0 Å². The predicted molar refractivity (Wildman–Crippen MR) is 76.5 cm³/mol. The molecule has 104 valence electrons. The Hall–Kier alpha value is -1.55. The fourth-order valence-electron chi connectivity index (χ4n) is 2.45. The Morgan fingerprint density at radius 1 is 1.53 bits per heavy atom. The Bertz CT molecular complexity index is 469. The van der Waals surface area contributed by atoms with Gasteiger partial charge in [-0.05, 0) is 43.5 Å². The number of hydrogen-bond acceptors (Lipinski definition) is 3. The molecule has 0 saturated heterocycles. The van der Waals surface area contributed by atoms with E-state index >= 15 is 0 Å². The number of anilines is 1. The highest BCUT2D eigenvalue weighted by Crippen LogP contribution is 2.23. The molecule has 0 spiro atoms. The molecule has 0 radical (unpaired) electrons. The Labute approximate surface area is 114 Å². The number of carbonyl (C=O) groups is 1. The normalized spacial score (nSPS) is 16.4. The average molecular weight is 262 g/mol. The van der Waals surface area contributed by atoms with Gasteiger partial charge in [0.15, 0.2) is 0 Å². The Morgan fingerprint density at radius 2 is 2.32 bits per heavy atom. The standard InChI is InChI=1S/C15H22N2O2/c1-3-7-15(2,19)10-17-14(18)12-4-5-13-11(9-12)6-8-16-13/h4-5,9,16,19H,3,6-8,10H2,1-2H3,(H,17,18). The Morgan fingerprint density at radius 3 is 3.05 bits per heavy atom. The van der Waals surface area contributed by atoms with E-state index in [1.807, 2.05) is 25.1 Å². The van der Waals surface area contributed by atoms with Gasteiger partial charge >= 0.3 is 0 Å². The summed E-state index contributed by atoms with van der Waals surface area (Å²) in [5.41, 5.74) is 2.14. The molecular formula is C15H22N2O2. The summed E-state index contributed by atoms with van der Waals surface area (Å²) in [5, 5.41) is 16.1. The lowest BCUT2D eigenvalue weighted by molar-refractivity contribution is 0.0469. The molecule has 1 aliphatic heterocycles. The Balaban J connectivity index is 1.97. The van der Waals surface area contributed by atoms with Gasteiger partial charge < -0.3 is 15.7 Å². The molecule has 1 aromatic rings. The van der Waals surface area contributed by atoms with Crippen molar-refractivity contribution in [3.05, 3.63) is 29.3 Å². The van der Waals surface area contributed by atoms with E-state index in [1.165, 1.54) is 5.56 Å². The van der Waals surface area contributed by atoms with Crippen molar-refractivity contribution in [3.63, 3.8) is 0 Å². The van der Waals surface area contributed by atoms with Crippen molar-refractivity contribution in [2.75, 3.05) is 18.4 Å². The first kappa shape index (κ1) is 13.9. The summed E-state index contributed by atoms with van der Waals surface area (Å²) in [7, 11) is 0. The summed E-state index contributed by atoms with van der Waals surface area (Å²) in [6, 6.07) is 5.70. The molecule has 0 aliphatic carbocycles. The fourth-order valence-corrected chi connectivity index (χ4v) is 2.45. The van der Waals surface area contributed by atoms with E-state index in [1.54, 1.807) is 6.92 Å². The molecule has 0 aromatic heterocycles. The first-order valence-corrected chi connectivity index (χ1v) is 6.89. The second-order valence-corrected chi connectivity index (χ2v) is 5.48. The van der Waals surface area contributed by atoms with Crippen LogP contribution in [0, 0.1) is 0 Å². The molecule has 1 amide bonds. The third-order valence-corrected chi connectivity index (χ3v) is 3.50. The van der Waals surface area contributed by atoms with Gasteiger partial charge in [-0.1, -0.05) is 13.3 Å². The Kier molecular flexibility index (Phi) is 4.10. The van der Waals surface area contributed by atoms with Gasteiger partial charge in [0.1, 0.15) is 0 Å². The summed E-state index contributed by atoms with van der Waals surface area (Å²) in [5.74, 6) is -0.119. The summed E-state index contributed by atoms with van der Waals surface area (Å²) >= 11 is 0. The third-order valence-electron chi connectivity index (χ3n) is 3.50. The van der Waals surface area contributed by atoms with Crippen molar-refractivity contribution >= 4 is 11.6 Å². The van der Waals surface area contributed by atoms with E-state index in [9.17, 15) is 9.90 Å². The fraction of sp³-hybridized carbons (Fsp3) is 0.533. The molecule has 1 atom stereocenters. The van der Waals surface area contributed by atoms with E-state index in [0.29, 0.717) is 12.0 Å². The van der Waals surface area contributed by atoms with E-state index in [-0.39, 0.29) is 12.5 Å². The van der Waals surface area contributed by atoms with Crippen LogP contribution in [-0.4, -0.2) is 29.7 Å². The molecule has 0 bridgehead atoms. The highest BCUT2D eigenvalue weighted by atomic mass is 16.3. The third kappa shape index (κ3) is 3.47. The van der Waals surface area contributed by atoms with Crippen LogP contribution in [0.5, 0.6) is 0 Å². The number of benzene rings is 1. The van der Waals surface area contributed by atoms with Crippen LogP contribution in [0.15, 0.2) is 18.2 Å². The summed E-state index contributed by atoms with van der Waals surface area (Å²) < 4.78 is 0. The summed E-state index contributed by atoms with van der Waals surface area (Å²) in [4.78, 5) is 12.1. The van der Waals surface area contributed by atoms with Crippen LogP contribution in [0.2, 0.25) is 0 Å². The van der Waals surface area contributed by atoms with E-state index in [0.717, 1.165) is 25.1 Å². The zero-order chi connectivity index (χ0) is 13.9. The van der Waals surface area contributed by atoms with Crippen molar-refractivity contribution in [1.29, 1.82) is 0 Å². The lowest BCUT2D eigenvalue weighted by atomic mass is 10.0. The number of fused-ring (bicyclic) bond motifs is 1. The van der Waals surface area contributed by atoms with Crippen molar-refractivity contribution in [3.8, 4) is 0 Å². The van der Waals surface area contributed by atoms with Crippen LogP contribution in [0.1, 0.15) is 42.6 Å². The van der Waals surface area contributed by atoms with Gasteiger partial charge in [0.05, 0.1) is 5.60 Å². The number of aliphatic hydroxyl groups is 1. The molecule has 1 unspecified atom stereocenters. The minimum absolute atomic E-state index is 0.119. The van der Waals surface area contributed by atoms with Crippen LogP contribution in [0.4, 0.5) is 5.69 Å². The first-order valence-electron chi connectivity index (χ1n) is 6.89. The minimum atomic E-state index is -0.831. The van der Waals surface area contributed by atoms with Crippen molar-refractivity contribution < 1.29 is 9.90 Å². The predicted octanol–water partition coefficient (Wildman–Crippen LogP) is 1.94. The number of rotatable bonds is 5. The lowest BCUT2D eigenvalue weighted by Crippen LogP contribution is -2.40. The van der Waals surface area contributed by atoms with Gasteiger partial charge in [-0.3, -0.25) is 4.79 Å². The zero-order valence-corrected chi connectivity index (χ0v) is 11.6. The summed E-state index contributed by atoms with van der Waals surface area (Å²) in [6.45, 7) is 4.99. The van der Waals surface area contributed by atoms with Gasteiger partial charge in [0.25, 0.3) is 5.91 Å². The zero-order valence-electron chi connectivity index (χ0n) is 11.6. The van der Waals surface area contributed by atoms with E-state index < -0.39 is 5.60 Å². The minimum Gasteiger partial charge on any atom is -0.388 e. The molecule has 4 nitrogen and oxygen atoms in total. The van der Waals surface area contributed by atoms with Crippen LogP contribution in [0.3, 0.4) is 0 Å². The maximum atomic E-state index is 12.1. The molecule has 3 N–H and O–H groups in total. The maximum Gasteiger partial charge on any atom is 0.251 e. The summed E-state index contributed by atoms with van der Waals surface area (Å²) in [6.07, 6.45) is 2.54. The molecule has 0 fully saturated rings. The van der Waals surface area contributed by atoms with Crippen LogP contribution in [-0.2, 0) is 6.42 Å². The molecule has 1 aliphatic rings. The van der Waals surface area contributed by atoms with Crippen LogP contribution in [0.25, 0.3) is 0 Å². The van der Waals surface area contributed by atoms with Crippen LogP contribution < -0.4 is 10.6 Å². The number of carbonyl (C=O) groups excluding carboxylic acids is 1. The van der Waals surface area contributed by atoms with Crippen LogP contribution >= 0.6 is 0 Å². The number of hydrogen-bond donors (Lipinski definition) is 3. The molecular weight excluding hydrogens is 240 g/mol. The smallest absolute Gasteiger partial charge is 0.251 e. The van der Waals surface area contributed by atoms with Gasteiger partial charge in [-0.25, -0.2) is 0 Å². The number of nitrogens with one attached hydrogen (secondary N) is 2. The maximum absolute atomic E-state index is 12.1. The molecule has 2 rings (SSSR count). The largest absolute Gasteiger partial charge is 0.388 e. The quantitative estimate of drug-likeness (QED) is 0.760. The molecule has 4 heteroatoms. The van der Waals surface area contributed by atoms with Crippen molar-refractivity contribution in [1.82, 2.24) is 5.32 Å². The first-order chi connectivity index (χ1) is 9.02. The second-order valence-electron chi connectivity index (χ2n) is 5.48. The highest BCUT2D eigenvalue weighted by molar-refractivity contribution is 5.95. The number of amides is 1. The molecule has 1 aromatic carbocycles. The molecule has 19 heavy (non-hydrogen) atoms. The van der Waals surface area contributed by atoms with Gasteiger partial charge in [0, 0.05) is 24.3 Å².